The summed E-state index contributed by atoms with van der Waals surface area (Å²) in [6.45, 7) is 7.56. The van der Waals surface area contributed by atoms with Gasteiger partial charge in [-0.25, -0.2) is 0 Å². The lowest BCUT2D eigenvalue weighted by Crippen LogP contribution is -2.43. The van der Waals surface area contributed by atoms with Crippen LogP contribution in [0.3, 0.4) is 0 Å². The SMILES string of the molecule is CC1CCN(C(CN)c2ccc(Br)c(Cl)c2)CC1C. The van der Waals surface area contributed by atoms with Gasteiger partial charge in [0.25, 0.3) is 0 Å². The van der Waals surface area contributed by atoms with Gasteiger partial charge in [0, 0.05) is 23.6 Å². The Hall–Kier alpha value is -0.0900. The molecule has 0 aliphatic carbocycles. The lowest BCUT2D eigenvalue weighted by atomic mass is 9.87. The van der Waals surface area contributed by atoms with Gasteiger partial charge in [0.1, 0.15) is 0 Å². The molecular weight excluding hydrogens is 324 g/mol. The number of benzene rings is 1. The fourth-order valence-corrected chi connectivity index (χ4v) is 3.23. The highest BCUT2D eigenvalue weighted by Crippen LogP contribution is 2.32. The number of rotatable bonds is 3. The molecule has 106 valence electrons. The first-order valence-corrected chi connectivity index (χ1v) is 8.09. The highest BCUT2D eigenvalue weighted by Gasteiger charge is 2.28. The second-order valence-electron chi connectivity index (χ2n) is 5.66. The van der Waals surface area contributed by atoms with Gasteiger partial charge in [-0.3, -0.25) is 4.90 Å². The highest BCUT2D eigenvalue weighted by molar-refractivity contribution is 9.10. The molecular formula is C15H22BrClN2. The van der Waals surface area contributed by atoms with Gasteiger partial charge in [-0.2, -0.15) is 0 Å². The van der Waals surface area contributed by atoms with Crippen LogP contribution in [-0.4, -0.2) is 24.5 Å². The zero-order valence-electron chi connectivity index (χ0n) is 11.6. The number of nitrogens with two attached hydrogens (primary N) is 1. The minimum absolute atomic E-state index is 0.278. The Bertz CT molecular complexity index is 438. The van der Waals surface area contributed by atoms with Crippen LogP contribution in [0.4, 0.5) is 0 Å². The van der Waals surface area contributed by atoms with Crippen molar-refractivity contribution in [3.63, 3.8) is 0 Å². The summed E-state index contributed by atoms with van der Waals surface area (Å²) in [6, 6.07) is 6.44. The third kappa shape index (κ3) is 3.52. The molecule has 0 amide bonds. The molecule has 0 radical (unpaired) electrons. The summed E-state index contributed by atoms with van der Waals surface area (Å²) in [6.07, 6.45) is 1.25. The molecule has 1 aromatic rings. The normalized spacial score (nSPS) is 26.4. The molecule has 1 fully saturated rings. The van der Waals surface area contributed by atoms with Crippen molar-refractivity contribution in [2.75, 3.05) is 19.6 Å². The molecule has 3 atom stereocenters. The van der Waals surface area contributed by atoms with Crippen LogP contribution in [0.2, 0.25) is 5.02 Å². The molecule has 0 saturated carbocycles. The van der Waals surface area contributed by atoms with E-state index < -0.39 is 0 Å². The van der Waals surface area contributed by atoms with Crippen molar-refractivity contribution < 1.29 is 0 Å². The third-order valence-electron chi connectivity index (χ3n) is 4.36. The van der Waals surface area contributed by atoms with Gasteiger partial charge >= 0.3 is 0 Å². The van der Waals surface area contributed by atoms with Gasteiger partial charge < -0.3 is 5.73 Å². The minimum atomic E-state index is 0.278. The minimum Gasteiger partial charge on any atom is -0.329 e. The molecule has 1 heterocycles. The Morgan fingerprint density at radius 2 is 2.16 bits per heavy atom. The first kappa shape index (κ1) is 15.3. The lowest BCUT2D eigenvalue weighted by Gasteiger charge is -2.40. The maximum absolute atomic E-state index is 6.20. The number of nitrogens with zero attached hydrogens (tertiary/aromatic N) is 1. The van der Waals surface area contributed by atoms with E-state index in [0.29, 0.717) is 6.54 Å². The zero-order chi connectivity index (χ0) is 14.0. The number of piperidine rings is 1. The molecule has 19 heavy (non-hydrogen) atoms. The molecule has 1 aliphatic heterocycles. The molecule has 2 rings (SSSR count). The van der Waals surface area contributed by atoms with Gasteiger partial charge in [0.05, 0.1) is 5.02 Å². The molecule has 3 unspecified atom stereocenters. The van der Waals surface area contributed by atoms with E-state index in [1.165, 1.54) is 12.0 Å². The Morgan fingerprint density at radius 1 is 1.42 bits per heavy atom. The molecule has 1 saturated heterocycles. The van der Waals surface area contributed by atoms with Crippen LogP contribution in [0.25, 0.3) is 0 Å². The van der Waals surface area contributed by atoms with Crippen LogP contribution in [0.1, 0.15) is 31.9 Å². The molecule has 0 aromatic heterocycles. The quantitative estimate of drug-likeness (QED) is 0.894. The van der Waals surface area contributed by atoms with Gasteiger partial charge in [-0.1, -0.05) is 31.5 Å². The largest absolute Gasteiger partial charge is 0.329 e. The van der Waals surface area contributed by atoms with E-state index in [4.69, 9.17) is 17.3 Å². The summed E-state index contributed by atoms with van der Waals surface area (Å²) in [4.78, 5) is 2.50. The van der Waals surface area contributed by atoms with Crippen molar-refractivity contribution >= 4 is 27.5 Å². The predicted octanol–water partition coefficient (Wildman–Crippen LogP) is 4.08. The molecule has 0 bridgehead atoms. The average molecular weight is 346 g/mol. The van der Waals surface area contributed by atoms with Gasteiger partial charge in [0.15, 0.2) is 0 Å². The summed E-state index contributed by atoms with van der Waals surface area (Å²) in [5.74, 6) is 1.54. The fourth-order valence-electron chi connectivity index (χ4n) is 2.79. The maximum atomic E-state index is 6.20. The van der Waals surface area contributed by atoms with Gasteiger partial charge in [0.2, 0.25) is 0 Å². The number of hydrogen-bond acceptors (Lipinski definition) is 2. The van der Waals surface area contributed by atoms with E-state index in [9.17, 15) is 0 Å². The van der Waals surface area contributed by atoms with Crippen molar-refractivity contribution in [1.29, 1.82) is 0 Å². The second kappa shape index (κ2) is 6.57. The molecule has 1 aromatic carbocycles. The first-order valence-electron chi connectivity index (χ1n) is 6.92. The Balaban J connectivity index is 2.17. The number of halogens is 2. The van der Waals surface area contributed by atoms with Crippen LogP contribution in [0, 0.1) is 11.8 Å². The molecule has 4 heteroatoms. The summed E-state index contributed by atoms with van der Waals surface area (Å²) in [5.41, 5.74) is 7.23. The third-order valence-corrected chi connectivity index (χ3v) is 5.59. The summed E-state index contributed by atoms with van der Waals surface area (Å²) >= 11 is 9.64. The van der Waals surface area contributed by atoms with E-state index in [0.717, 1.165) is 34.4 Å². The summed E-state index contributed by atoms with van der Waals surface area (Å²) < 4.78 is 0.939. The first-order chi connectivity index (χ1) is 9.02. The van der Waals surface area contributed by atoms with Crippen LogP contribution in [-0.2, 0) is 0 Å². The standard InChI is InChI=1S/C15H22BrClN2/c1-10-5-6-19(9-11(10)2)15(8-18)12-3-4-13(16)14(17)7-12/h3-4,7,10-11,15H,5-6,8-9,18H2,1-2H3. The monoisotopic (exact) mass is 344 g/mol. The van der Waals surface area contributed by atoms with Crippen LogP contribution < -0.4 is 5.73 Å². The fraction of sp³-hybridized carbons (Fsp3) is 0.600. The van der Waals surface area contributed by atoms with E-state index in [1.54, 1.807) is 0 Å². The molecule has 1 aliphatic rings. The van der Waals surface area contributed by atoms with E-state index in [2.05, 4.69) is 40.7 Å². The zero-order valence-corrected chi connectivity index (χ0v) is 13.9. The maximum Gasteiger partial charge on any atom is 0.0551 e. The summed E-state index contributed by atoms with van der Waals surface area (Å²) in [7, 11) is 0. The second-order valence-corrected chi connectivity index (χ2v) is 6.92. The average Bonchev–Trinajstić information content (AvgIpc) is 2.39. The van der Waals surface area contributed by atoms with Crippen LogP contribution in [0.15, 0.2) is 22.7 Å². The van der Waals surface area contributed by atoms with Crippen molar-refractivity contribution in [2.45, 2.75) is 26.3 Å². The van der Waals surface area contributed by atoms with Crippen LogP contribution in [0.5, 0.6) is 0 Å². The molecule has 2 N–H and O–H groups in total. The van der Waals surface area contributed by atoms with Crippen molar-refractivity contribution in [3.8, 4) is 0 Å². The smallest absolute Gasteiger partial charge is 0.0551 e. The van der Waals surface area contributed by atoms with Crippen LogP contribution >= 0.6 is 27.5 Å². The van der Waals surface area contributed by atoms with Crippen molar-refractivity contribution in [3.05, 3.63) is 33.3 Å². The van der Waals surface area contributed by atoms with E-state index in [-0.39, 0.29) is 6.04 Å². The Labute approximate surface area is 129 Å². The molecule has 2 nitrogen and oxygen atoms in total. The van der Waals surface area contributed by atoms with E-state index >= 15 is 0 Å². The Kier molecular flexibility index (Phi) is 5.29. The topological polar surface area (TPSA) is 29.3 Å². The number of likely N-dealkylation sites (tertiary alicyclic amines) is 1. The van der Waals surface area contributed by atoms with Crippen molar-refractivity contribution in [1.82, 2.24) is 4.90 Å². The van der Waals surface area contributed by atoms with Crippen molar-refractivity contribution in [2.24, 2.45) is 17.6 Å². The molecule has 0 spiro atoms. The number of hydrogen-bond donors (Lipinski definition) is 1. The Morgan fingerprint density at radius 3 is 2.74 bits per heavy atom. The van der Waals surface area contributed by atoms with Gasteiger partial charge in [-0.15, -0.1) is 0 Å². The summed E-state index contributed by atoms with van der Waals surface area (Å²) in [5, 5.41) is 0.759. The highest BCUT2D eigenvalue weighted by atomic mass is 79.9. The van der Waals surface area contributed by atoms with E-state index in [1.807, 2.05) is 12.1 Å². The predicted molar refractivity (Wildman–Crippen MR) is 85.5 cm³/mol. The lowest BCUT2D eigenvalue weighted by molar-refractivity contribution is 0.0983. The van der Waals surface area contributed by atoms with Gasteiger partial charge in [-0.05, 0) is 58.4 Å².